The second-order valence-electron chi connectivity index (χ2n) is 12.1. The van der Waals surface area contributed by atoms with E-state index in [0.717, 1.165) is 50.3 Å². The SMILES string of the molecule is c1ccc2c(c1)Oc1cccc3c4cc(-c5ccc(-n6c7ccccc7c7ccc8oc9ccccc9c8c76)cc5)ccc4n-2c13. The molecular weight excluding hydrogens is 564 g/mol. The van der Waals surface area contributed by atoms with E-state index in [1.165, 1.54) is 49.2 Å². The van der Waals surface area contributed by atoms with Crippen molar-refractivity contribution in [1.82, 2.24) is 9.13 Å². The van der Waals surface area contributed by atoms with Crippen molar-refractivity contribution in [3.05, 3.63) is 146 Å². The van der Waals surface area contributed by atoms with Crippen LogP contribution in [0.4, 0.5) is 0 Å². The maximum Gasteiger partial charge on any atom is 0.152 e. The van der Waals surface area contributed by atoms with E-state index in [1.54, 1.807) is 0 Å². The Balaban J connectivity index is 1.11. The molecule has 10 aromatic rings. The van der Waals surface area contributed by atoms with Crippen LogP contribution in [0.15, 0.2) is 150 Å². The minimum Gasteiger partial charge on any atom is -0.456 e. The van der Waals surface area contributed by atoms with Gasteiger partial charge in [0, 0.05) is 32.6 Å². The molecule has 1 aliphatic heterocycles. The highest BCUT2D eigenvalue weighted by atomic mass is 16.5. The molecule has 0 saturated carbocycles. The van der Waals surface area contributed by atoms with E-state index in [4.69, 9.17) is 9.15 Å². The molecule has 0 radical (unpaired) electrons. The van der Waals surface area contributed by atoms with Crippen LogP contribution in [0.2, 0.25) is 0 Å². The number of hydrogen-bond donors (Lipinski definition) is 0. The number of fused-ring (bicyclic) bond motifs is 12. The first-order valence-corrected chi connectivity index (χ1v) is 15.6. The van der Waals surface area contributed by atoms with Gasteiger partial charge in [-0.1, -0.05) is 78.9 Å². The van der Waals surface area contributed by atoms with Crippen molar-refractivity contribution in [2.24, 2.45) is 0 Å². The van der Waals surface area contributed by atoms with Crippen LogP contribution in [0.3, 0.4) is 0 Å². The fourth-order valence-electron chi connectivity index (χ4n) is 7.73. The largest absolute Gasteiger partial charge is 0.456 e. The zero-order valence-electron chi connectivity index (χ0n) is 24.6. The lowest BCUT2D eigenvalue weighted by atomic mass is 10.0. The van der Waals surface area contributed by atoms with Crippen molar-refractivity contribution in [1.29, 1.82) is 0 Å². The van der Waals surface area contributed by atoms with Crippen LogP contribution in [-0.4, -0.2) is 9.13 Å². The number of hydrogen-bond acceptors (Lipinski definition) is 2. The minimum absolute atomic E-state index is 0.880. The Morgan fingerprint density at radius 3 is 2.07 bits per heavy atom. The smallest absolute Gasteiger partial charge is 0.152 e. The average molecular weight is 589 g/mol. The molecule has 46 heavy (non-hydrogen) atoms. The highest BCUT2D eigenvalue weighted by molar-refractivity contribution is 6.24. The van der Waals surface area contributed by atoms with Crippen LogP contribution in [0.1, 0.15) is 0 Å². The van der Waals surface area contributed by atoms with Crippen molar-refractivity contribution in [2.75, 3.05) is 0 Å². The van der Waals surface area contributed by atoms with Crippen molar-refractivity contribution in [2.45, 2.75) is 0 Å². The summed E-state index contributed by atoms with van der Waals surface area (Å²) in [5.41, 5.74) is 11.0. The molecule has 4 nitrogen and oxygen atoms in total. The first-order valence-electron chi connectivity index (χ1n) is 15.6. The van der Waals surface area contributed by atoms with E-state index in [9.17, 15) is 0 Å². The number of ether oxygens (including phenoxy) is 1. The van der Waals surface area contributed by atoms with E-state index < -0.39 is 0 Å². The van der Waals surface area contributed by atoms with Crippen LogP contribution in [0, 0.1) is 0 Å². The molecule has 0 bridgehead atoms. The average Bonchev–Trinajstić information content (AvgIpc) is 3.77. The molecule has 4 heteroatoms. The van der Waals surface area contributed by atoms with Gasteiger partial charge in [0.05, 0.1) is 33.1 Å². The third kappa shape index (κ3) is 3.07. The summed E-state index contributed by atoms with van der Waals surface area (Å²) in [5, 5.41) is 7.16. The van der Waals surface area contributed by atoms with Crippen LogP contribution in [0.25, 0.3) is 88.1 Å². The van der Waals surface area contributed by atoms with Crippen LogP contribution >= 0.6 is 0 Å². The molecule has 4 heterocycles. The molecule has 0 amide bonds. The summed E-state index contributed by atoms with van der Waals surface area (Å²) in [4.78, 5) is 0. The Bertz CT molecular complexity index is 2880. The number of furan rings is 1. The van der Waals surface area contributed by atoms with Gasteiger partial charge in [0.15, 0.2) is 11.5 Å². The molecule has 0 atom stereocenters. The summed E-state index contributed by atoms with van der Waals surface area (Å²) in [6.07, 6.45) is 0. The summed E-state index contributed by atoms with van der Waals surface area (Å²) in [7, 11) is 0. The minimum atomic E-state index is 0.880. The first-order chi connectivity index (χ1) is 22.8. The maximum absolute atomic E-state index is 6.32. The summed E-state index contributed by atoms with van der Waals surface area (Å²) >= 11 is 0. The fourth-order valence-corrected chi connectivity index (χ4v) is 7.73. The topological polar surface area (TPSA) is 32.2 Å². The van der Waals surface area contributed by atoms with Gasteiger partial charge in [-0.3, -0.25) is 0 Å². The lowest BCUT2D eigenvalue weighted by molar-refractivity contribution is 0.476. The lowest BCUT2D eigenvalue weighted by Crippen LogP contribution is -2.03. The Kier molecular flexibility index (Phi) is 4.55. The standard InChI is InChI=1S/C42H24N2O2/c1-3-11-33-28(8-1)30-21-23-38-40(31-9-2-5-13-36(31)45-38)42(30)43(33)27-19-16-25(17-20-27)26-18-22-34-32(24-26)29-10-7-15-39-41(29)44(34)35-12-4-6-14-37(35)46-39/h1-24H. The third-order valence-electron chi connectivity index (χ3n) is 9.71. The van der Waals surface area contributed by atoms with Gasteiger partial charge in [-0.25, -0.2) is 0 Å². The Hall–Kier alpha value is -6.26. The van der Waals surface area contributed by atoms with E-state index in [2.05, 4.69) is 130 Å². The van der Waals surface area contributed by atoms with Crippen molar-refractivity contribution < 1.29 is 9.15 Å². The van der Waals surface area contributed by atoms with E-state index in [0.29, 0.717) is 0 Å². The number of para-hydroxylation sites is 5. The molecular formula is C42H24N2O2. The summed E-state index contributed by atoms with van der Waals surface area (Å²) in [6, 6.07) is 51.7. The molecule has 0 fully saturated rings. The van der Waals surface area contributed by atoms with Crippen molar-refractivity contribution in [3.8, 4) is 34.0 Å². The third-order valence-corrected chi connectivity index (χ3v) is 9.71. The van der Waals surface area contributed by atoms with Gasteiger partial charge in [0.2, 0.25) is 0 Å². The quantitative estimate of drug-likeness (QED) is 0.201. The molecule has 0 spiro atoms. The highest BCUT2D eigenvalue weighted by Gasteiger charge is 2.24. The maximum atomic E-state index is 6.32. The van der Waals surface area contributed by atoms with Crippen LogP contribution in [0.5, 0.6) is 11.5 Å². The molecule has 0 unspecified atom stereocenters. The van der Waals surface area contributed by atoms with Crippen molar-refractivity contribution in [3.63, 3.8) is 0 Å². The lowest BCUT2D eigenvalue weighted by Gasteiger charge is -2.20. The first kappa shape index (κ1) is 24.1. The van der Waals surface area contributed by atoms with Gasteiger partial charge >= 0.3 is 0 Å². The van der Waals surface area contributed by atoms with E-state index >= 15 is 0 Å². The Morgan fingerprint density at radius 2 is 1.13 bits per heavy atom. The van der Waals surface area contributed by atoms with Gasteiger partial charge in [-0.15, -0.1) is 0 Å². The zero-order valence-corrected chi connectivity index (χ0v) is 24.6. The van der Waals surface area contributed by atoms with Crippen molar-refractivity contribution >= 4 is 65.6 Å². The summed E-state index contributed by atoms with van der Waals surface area (Å²) < 4.78 is 17.4. The number of nitrogens with zero attached hydrogens (tertiary/aromatic N) is 2. The zero-order chi connectivity index (χ0) is 29.9. The molecule has 214 valence electrons. The predicted octanol–water partition coefficient (Wildman–Crippen LogP) is 11.6. The molecule has 11 rings (SSSR count). The summed E-state index contributed by atoms with van der Waals surface area (Å²) in [6.45, 7) is 0. The Labute approximate surface area is 262 Å². The fraction of sp³-hybridized carbons (Fsp3) is 0. The molecule has 7 aromatic carbocycles. The summed E-state index contributed by atoms with van der Waals surface area (Å²) in [5.74, 6) is 1.77. The second-order valence-corrected chi connectivity index (χ2v) is 12.1. The number of benzene rings is 7. The normalized spacial score (nSPS) is 12.5. The second kappa shape index (κ2) is 8.68. The number of rotatable bonds is 2. The number of aromatic nitrogens is 2. The van der Waals surface area contributed by atoms with Gasteiger partial charge in [0.1, 0.15) is 11.2 Å². The van der Waals surface area contributed by atoms with Gasteiger partial charge in [0.25, 0.3) is 0 Å². The molecule has 0 N–H and O–H groups in total. The highest BCUT2D eigenvalue weighted by Crippen LogP contribution is 2.46. The molecule has 1 aliphatic rings. The predicted molar refractivity (Wildman–Crippen MR) is 188 cm³/mol. The van der Waals surface area contributed by atoms with Gasteiger partial charge in [-0.05, 0) is 77.9 Å². The van der Waals surface area contributed by atoms with Crippen LogP contribution in [-0.2, 0) is 0 Å². The molecule has 0 aliphatic carbocycles. The van der Waals surface area contributed by atoms with E-state index in [-0.39, 0.29) is 0 Å². The van der Waals surface area contributed by atoms with Gasteiger partial charge < -0.3 is 18.3 Å². The van der Waals surface area contributed by atoms with Crippen LogP contribution < -0.4 is 4.74 Å². The Morgan fingerprint density at radius 1 is 0.413 bits per heavy atom. The van der Waals surface area contributed by atoms with Gasteiger partial charge in [-0.2, -0.15) is 0 Å². The van der Waals surface area contributed by atoms with E-state index in [1.807, 2.05) is 24.3 Å². The molecule has 3 aromatic heterocycles. The molecule has 0 saturated heterocycles. The monoisotopic (exact) mass is 588 g/mol.